The lowest BCUT2D eigenvalue weighted by Crippen LogP contribution is -2.10. The van der Waals surface area contributed by atoms with Crippen LogP contribution >= 0.6 is 23.5 Å². The molecule has 6 aromatic rings. The molecule has 2 fully saturated rings. The molecule has 2 aromatic carbocycles. The van der Waals surface area contributed by atoms with Gasteiger partial charge < -0.3 is 18.2 Å². The zero-order chi connectivity index (χ0) is 35.9. The van der Waals surface area contributed by atoms with E-state index in [-0.39, 0.29) is 0 Å². The summed E-state index contributed by atoms with van der Waals surface area (Å²) in [6.45, 7) is 4.10. The second-order valence-electron chi connectivity index (χ2n) is 13.8. The fraction of sp³-hybridized carbons (Fsp3) is 0.474. The topological polar surface area (TPSA) is 139 Å². The largest absolute Gasteiger partial charge is 0.334 e. The molecule has 0 atom stereocenters. The van der Waals surface area contributed by atoms with Crippen LogP contribution < -0.4 is 0 Å². The standard InChI is InChI=1S/2C19H23N5OS/c2*1-13-7-6-10-15(11-13)18-20-16(23-25-18)12-26-19-22-21-17(24(19)2)14-8-4-3-5-9-14/h2*6-7,10-11,14H,3-5,8-9,12H2,1-2H3. The molecule has 272 valence electrons. The number of rotatable bonds is 10. The number of aryl methyl sites for hydroxylation is 2. The van der Waals surface area contributed by atoms with Gasteiger partial charge in [-0.3, -0.25) is 0 Å². The van der Waals surface area contributed by atoms with Gasteiger partial charge in [0, 0.05) is 37.1 Å². The number of thioether (sulfide) groups is 2. The Kier molecular flexibility index (Phi) is 11.8. The van der Waals surface area contributed by atoms with E-state index in [0.29, 0.717) is 46.8 Å². The molecule has 0 saturated heterocycles. The van der Waals surface area contributed by atoms with Crippen LogP contribution in [-0.4, -0.2) is 49.8 Å². The third kappa shape index (κ3) is 8.83. The van der Waals surface area contributed by atoms with Crippen LogP contribution in [0.25, 0.3) is 22.9 Å². The Bertz CT molecular complexity index is 1910. The molecule has 0 N–H and O–H groups in total. The molecule has 2 aliphatic rings. The van der Waals surface area contributed by atoms with Gasteiger partial charge in [-0.15, -0.1) is 20.4 Å². The maximum atomic E-state index is 5.41. The van der Waals surface area contributed by atoms with Crippen LogP contribution in [0.3, 0.4) is 0 Å². The van der Waals surface area contributed by atoms with E-state index in [4.69, 9.17) is 9.05 Å². The molecule has 4 aromatic heterocycles. The molecule has 0 spiro atoms. The molecule has 0 aliphatic heterocycles. The van der Waals surface area contributed by atoms with Crippen LogP contribution in [0.15, 0.2) is 67.9 Å². The fourth-order valence-corrected chi connectivity index (χ4v) is 8.53. The van der Waals surface area contributed by atoms with Crippen molar-refractivity contribution in [2.75, 3.05) is 0 Å². The van der Waals surface area contributed by atoms with Crippen LogP contribution in [0.1, 0.15) is 110 Å². The Hall–Kier alpha value is -4.30. The van der Waals surface area contributed by atoms with Crippen LogP contribution in [0.5, 0.6) is 0 Å². The summed E-state index contributed by atoms with van der Waals surface area (Å²) in [4.78, 5) is 9.01. The summed E-state index contributed by atoms with van der Waals surface area (Å²) in [6.07, 6.45) is 12.8. The van der Waals surface area contributed by atoms with Gasteiger partial charge >= 0.3 is 0 Å². The minimum Gasteiger partial charge on any atom is -0.334 e. The summed E-state index contributed by atoms with van der Waals surface area (Å²) in [5.74, 6) is 7.03. The van der Waals surface area contributed by atoms with Crippen molar-refractivity contribution in [3.05, 3.63) is 83.0 Å². The molecule has 4 heterocycles. The number of benzene rings is 2. The van der Waals surface area contributed by atoms with Crippen molar-refractivity contribution in [2.45, 2.75) is 112 Å². The normalized spacial score (nSPS) is 15.5. The van der Waals surface area contributed by atoms with Gasteiger partial charge in [0.2, 0.25) is 0 Å². The first kappa shape index (κ1) is 36.1. The summed E-state index contributed by atoms with van der Waals surface area (Å²) >= 11 is 3.20. The van der Waals surface area contributed by atoms with Crippen molar-refractivity contribution in [3.63, 3.8) is 0 Å². The molecule has 8 rings (SSSR count). The minimum absolute atomic E-state index is 0.550. The third-order valence-electron chi connectivity index (χ3n) is 9.80. The Morgan fingerprint density at radius 1 is 0.596 bits per heavy atom. The summed E-state index contributed by atoms with van der Waals surface area (Å²) in [5, 5.41) is 27.6. The Labute approximate surface area is 313 Å². The Morgan fingerprint density at radius 2 is 1.02 bits per heavy atom. The van der Waals surface area contributed by atoms with E-state index in [2.05, 4.69) is 89.9 Å². The van der Waals surface area contributed by atoms with E-state index < -0.39 is 0 Å². The zero-order valence-corrected chi connectivity index (χ0v) is 32.0. The third-order valence-corrected chi connectivity index (χ3v) is 11.8. The van der Waals surface area contributed by atoms with Crippen LogP contribution in [0.2, 0.25) is 0 Å². The first-order valence-corrected chi connectivity index (χ1v) is 20.2. The van der Waals surface area contributed by atoms with Crippen LogP contribution in [0, 0.1) is 13.8 Å². The molecule has 0 amide bonds. The highest BCUT2D eigenvalue weighted by Gasteiger charge is 2.24. The predicted octanol–water partition coefficient (Wildman–Crippen LogP) is 9.03. The molecular formula is C38H46N10O2S2. The zero-order valence-electron chi connectivity index (χ0n) is 30.4. The Morgan fingerprint density at radius 3 is 1.42 bits per heavy atom. The van der Waals surface area contributed by atoms with Crippen molar-refractivity contribution >= 4 is 23.5 Å². The monoisotopic (exact) mass is 738 g/mol. The molecule has 0 unspecified atom stereocenters. The highest BCUT2D eigenvalue weighted by atomic mass is 32.2. The van der Waals surface area contributed by atoms with Crippen molar-refractivity contribution in [1.82, 2.24) is 49.8 Å². The highest BCUT2D eigenvalue weighted by Crippen LogP contribution is 2.34. The van der Waals surface area contributed by atoms with Gasteiger partial charge in [0.1, 0.15) is 11.6 Å². The highest BCUT2D eigenvalue weighted by molar-refractivity contribution is 7.98. The van der Waals surface area contributed by atoms with E-state index >= 15 is 0 Å². The Balaban J connectivity index is 0.000000162. The summed E-state index contributed by atoms with van der Waals surface area (Å²) < 4.78 is 15.1. The van der Waals surface area contributed by atoms with Gasteiger partial charge in [0.05, 0.1) is 11.5 Å². The average molecular weight is 739 g/mol. The second kappa shape index (κ2) is 17.0. The van der Waals surface area contributed by atoms with Crippen molar-refractivity contribution < 1.29 is 9.05 Å². The van der Waals surface area contributed by atoms with E-state index in [1.807, 2.05) is 36.4 Å². The van der Waals surface area contributed by atoms with Gasteiger partial charge in [0.25, 0.3) is 11.8 Å². The molecule has 12 nitrogen and oxygen atoms in total. The smallest absolute Gasteiger partial charge is 0.257 e. The number of aromatic nitrogens is 10. The lowest BCUT2D eigenvalue weighted by atomic mass is 9.89. The van der Waals surface area contributed by atoms with Crippen molar-refractivity contribution in [1.29, 1.82) is 0 Å². The summed E-state index contributed by atoms with van der Waals surface area (Å²) in [6, 6.07) is 16.1. The average Bonchev–Trinajstić information content (AvgIpc) is 3.99. The van der Waals surface area contributed by atoms with E-state index in [9.17, 15) is 0 Å². The number of hydrogen-bond acceptors (Lipinski definition) is 12. The molecule has 0 bridgehead atoms. The molecule has 2 saturated carbocycles. The molecular weight excluding hydrogens is 693 g/mol. The van der Waals surface area contributed by atoms with E-state index in [1.165, 1.54) is 75.3 Å². The quantitative estimate of drug-likeness (QED) is 0.124. The predicted molar refractivity (Wildman–Crippen MR) is 202 cm³/mol. The second-order valence-corrected chi connectivity index (χ2v) is 15.7. The van der Waals surface area contributed by atoms with Gasteiger partial charge in [-0.1, -0.05) is 108 Å². The first-order chi connectivity index (χ1) is 25.4. The van der Waals surface area contributed by atoms with Gasteiger partial charge in [-0.05, 0) is 63.8 Å². The van der Waals surface area contributed by atoms with Crippen molar-refractivity contribution in [3.8, 4) is 22.9 Å². The summed E-state index contributed by atoms with van der Waals surface area (Å²) in [5.41, 5.74) is 4.25. The first-order valence-electron chi connectivity index (χ1n) is 18.2. The van der Waals surface area contributed by atoms with Gasteiger partial charge in [-0.25, -0.2) is 0 Å². The fourth-order valence-electron chi connectivity index (χ4n) is 7.01. The maximum absolute atomic E-state index is 5.41. The van der Waals surface area contributed by atoms with Gasteiger partial charge in [-0.2, -0.15) is 9.97 Å². The van der Waals surface area contributed by atoms with E-state index in [0.717, 1.165) is 33.1 Å². The molecule has 14 heteroatoms. The summed E-state index contributed by atoms with van der Waals surface area (Å²) in [7, 11) is 4.11. The van der Waals surface area contributed by atoms with Gasteiger partial charge in [0.15, 0.2) is 22.0 Å². The van der Waals surface area contributed by atoms with Crippen molar-refractivity contribution in [2.24, 2.45) is 14.1 Å². The van der Waals surface area contributed by atoms with Crippen LogP contribution in [0.4, 0.5) is 0 Å². The SMILES string of the molecule is Cc1cccc(-c2nc(CSc3nnc(C4CCCCC4)n3C)no2)c1.Cc1cccc(-c2nc(CSc3nnc(C4CCCCC4)n3C)no2)c1. The molecule has 2 aliphatic carbocycles. The number of hydrogen-bond donors (Lipinski definition) is 0. The van der Waals surface area contributed by atoms with E-state index in [1.54, 1.807) is 23.5 Å². The minimum atomic E-state index is 0.550. The lowest BCUT2D eigenvalue weighted by Gasteiger charge is -2.20. The van der Waals surface area contributed by atoms with Crippen LogP contribution in [-0.2, 0) is 25.6 Å². The maximum Gasteiger partial charge on any atom is 0.257 e. The number of nitrogens with zero attached hydrogens (tertiary/aromatic N) is 10. The molecule has 52 heavy (non-hydrogen) atoms. The lowest BCUT2D eigenvalue weighted by molar-refractivity contribution is 0.418. The molecule has 0 radical (unpaired) electrons.